The molecule has 0 aromatic carbocycles. The fraction of sp³-hybridized carbons (Fsp3) is 0.583. The summed E-state index contributed by atoms with van der Waals surface area (Å²) in [5, 5.41) is 0.774. The normalized spacial score (nSPS) is 29.8. The van der Waals surface area contributed by atoms with Crippen LogP contribution in [-0.2, 0) is 0 Å². The molecule has 3 heterocycles. The summed E-state index contributed by atoms with van der Waals surface area (Å²) in [7, 11) is 2.20. The first-order chi connectivity index (χ1) is 7.74. The summed E-state index contributed by atoms with van der Waals surface area (Å²) in [5.41, 5.74) is 0. The largest absolute Gasteiger partial charge is 0.355 e. The monoisotopic (exact) mass is 237 g/mol. The smallest absolute Gasteiger partial charge is 0.147 e. The van der Waals surface area contributed by atoms with E-state index in [0.29, 0.717) is 0 Å². The van der Waals surface area contributed by atoms with Crippen molar-refractivity contribution in [2.24, 2.45) is 11.8 Å². The maximum atomic E-state index is 6.18. The number of fused-ring (bicyclic) bond motifs is 1. The third-order valence-corrected chi connectivity index (χ3v) is 4.00. The lowest BCUT2D eigenvalue weighted by Gasteiger charge is -2.20. The van der Waals surface area contributed by atoms with Crippen molar-refractivity contribution in [3.63, 3.8) is 0 Å². The Bertz CT molecular complexity index is 382. The van der Waals surface area contributed by atoms with Crippen molar-refractivity contribution in [2.45, 2.75) is 0 Å². The van der Waals surface area contributed by atoms with Crippen molar-refractivity contribution in [2.75, 3.05) is 38.1 Å². The molecule has 4 heteroatoms. The molecule has 2 fully saturated rings. The molecule has 16 heavy (non-hydrogen) atoms. The van der Waals surface area contributed by atoms with Gasteiger partial charge in [0, 0.05) is 32.4 Å². The lowest BCUT2D eigenvalue weighted by molar-refractivity contribution is 0.387. The Morgan fingerprint density at radius 3 is 2.56 bits per heavy atom. The molecule has 0 saturated carbocycles. The molecule has 86 valence electrons. The lowest BCUT2D eigenvalue weighted by atomic mass is 10.0. The molecule has 0 spiro atoms. The average molecular weight is 238 g/mol. The maximum absolute atomic E-state index is 6.18. The first kappa shape index (κ1) is 10.4. The van der Waals surface area contributed by atoms with E-state index in [-0.39, 0.29) is 0 Å². The molecule has 2 atom stereocenters. The van der Waals surface area contributed by atoms with Gasteiger partial charge >= 0.3 is 0 Å². The van der Waals surface area contributed by atoms with Crippen LogP contribution in [0.3, 0.4) is 0 Å². The van der Waals surface area contributed by atoms with Crippen molar-refractivity contribution in [3.8, 4) is 0 Å². The van der Waals surface area contributed by atoms with Crippen LogP contribution in [0.25, 0.3) is 0 Å². The molecule has 3 nitrogen and oxygen atoms in total. The Morgan fingerprint density at radius 1 is 1.25 bits per heavy atom. The van der Waals surface area contributed by atoms with Crippen molar-refractivity contribution in [1.82, 2.24) is 9.88 Å². The molecule has 0 aliphatic carbocycles. The predicted octanol–water partition coefficient (Wildman–Crippen LogP) is 1.73. The van der Waals surface area contributed by atoms with Gasteiger partial charge in [-0.15, -0.1) is 0 Å². The van der Waals surface area contributed by atoms with Crippen molar-refractivity contribution in [1.29, 1.82) is 0 Å². The predicted molar refractivity (Wildman–Crippen MR) is 65.9 cm³/mol. The molecular weight excluding hydrogens is 222 g/mol. The van der Waals surface area contributed by atoms with Crippen molar-refractivity contribution < 1.29 is 0 Å². The highest BCUT2D eigenvalue weighted by Crippen LogP contribution is 2.34. The topological polar surface area (TPSA) is 19.4 Å². The second-order valence-corrected chi connectivity index (χ2v) is 5.36. The van der Waals surface area contributed by atoms with Crippen LogP contribution in [0, 0.1) is 11.8 Å². The van der Waals surface area contributed by atoms with E-state index in [2.05, 4.69) is 21.8 Å². The van der Waals surface area contributed by atoms with Gasteiger partial charge in [-0.1, -0.05) is 11.6 Å². The van der Waals surface area contributed by atoms with Crippen LogP contribution in [0.4, 0.5) is 5.82 Å². The van der Waals surface area contributed by atoms with Gasteiger partial charge in [0.2, 0.25) is 0 Å². The number of pyridine rings is 1. The van der Waals surface area contributed by atoms with Crippen LogP contribution in [0.5, 0.6) is 0 Å². The van der Waals surface area contributed by atoms with E-state index in [0.717, 1.165) is 35.8 Å². The van der Waals surface area contributed by atoms with Gasteiger partial charge < -0.3 is 9.80 Å². The Balaban J connectivity index is 1.78. The molecule has 2 saturated heterocycles. The Kier molecular flexibility index (Phi) is 2.52. The fourth-order valence-corrected chi connectivity index (χ4v) is 3.25. The molecule has 3 rings (SSSR count). The minimum Gasteiger partial charge on any atom is -0.355 e. The van der Waals surface area contributed by atoms with E-state index in [4.69, 9.17) is 11.6 Å². The van der Waals surface area contributed by atoms with E-state index in [9.17, 15) is 0 Å². The number of halogens is 1. The van der Waals surface area contributed by atoms with Crippen LogP contribution in [0.15, 0.2) is 18.3 Å². The SMILES string of the molecule is CN1CC2CN(c3ncccc3Cl)CC2C1. The van der Waals surface area contributed by atoms with Gasteiger partial charge in [0.25, 0.3) is 0 Å². The quantitative estimate of drug-likeness (QED) is 0.742. The zero-order valence-electron chi connectivity index (χ0n) is 9.43. The number of anilines is 1. The molecule has 2 aliphatic heterocycles. The minimum absolute atomic E-state index is 0.774. The number of likely N-dealkylation sites (tertiary alicyclic amines) is 1. The second-order valence-electron chi connectivity index (χ2n) is 4.96. The molecule has 2 unspecified atom stereocenters. The third-order valence-electron chi connectivity index (χ3n) is 3.71. The van der Waals surface area contributed by atoms with Crippen LogP contribution < -0.4 is 4.90 Å². The fourth-order valence-electron chi connectivity index (χ4n) is 3.01. The number of aromatic nitrogens is 1. The molecule has 1 aromatic heterocycles. The van der Waals surface area contributed by atoms with Gasteiger partial charge in [0.1, 0.15) is 5.82 Å². The van der Waals surface area contributed by atoms with E-state index in [1.54, 1.807) is 0 Å². The number of hydrogen-bond acceptors (Lipinski definition) is 3. The summed E-state index contributed by atoms with van der Waals surface area (Å²) >= 11 is 6.18. The minimum atomic E-state index is 0.774. The summed E-state index contributed by atoms with van der Waals surface area (Å²) in [4.78, 5) is 9.15. The zero-order valence-corrected chi connectivity index (χ0v) is 10.2. The maximum Gasteiger partial charge on any atom is 0.147 e. The first-order valence-corrected chi connectivity index (χ1v) is 6.16. The van der Waals surface area contributed by atoms with Gasteiger partial charge in [-0.25, -0.2) is 4.98 Å². The number of nitrogens with zero attached hydrogens (tertiary/aromatic N) is 3. The Labute approximate surface area is 101 Å². The third kappa shape index (κ3) is 1.68. The zero-order chi connectivity index (χ0) is 11.1. The van der Waals surface area contributed by atoms with Crippen LogP contribution in [0.1, 0.15) is 0 Å². The molecule has 0 amide bonds. The van der Waals surface area contributed by atoms with E-state index >= 15 is 0 Å². The van der Waals surface area contributed by atoms with Gasteiger partial charge in [-0.05, 0) is 31.0 Å². The summed E-state index contributed by atoms with van der Waals surface area (Å²) in [6.07, 6.45) is 1.82. The van der Waals surface area contributed by atoms with E-state index in [1.807, 2.05) is 18.3 Å². The van der Waals surface area contributed by atoms with E-state index in [1.165, 1.54) is 13.1 Å². The lowest BCUT2D eigenvalue weighted by Crippen LogP contribution is -2.27. The van der Waals surface area contributed by atoms with Gasteiger partial charge in [-0.3, -0.25) is 0 Å². The van der Waals surface area contributed by atoms with Crippen LogP contribution >= 0.6 is 11.6 Å². The summed E-state index contributed by atoms with van der Waals surface area (Å²) in [6, 6.07) is 3.81. The summed E-state index contributed by atoms with van der Waals surface area (Å²) in [5.74, 6) is 2.55. The van der Waals surface area contributed by atoms with Crippen molar-refractivity contribution in [3.05, 3.63) is 23.4 Å². The molecular formula is C12H16ClN3. The molecule has 1 aromatic rings. The first-order valence-electron chi connectivity index (χ1n) is 5.78. The Hall–Kier alpha value is -0.800. The number of rotatable bonds is 1. The molecule has 2 aliphatic rings. The molecule has 0 N–H and O–H groups in total. The van der Waals surface area contributed by atoms with Gasteiger partial charge in [-0.2, -0.15) is 0 Å². The summed E-state index contributed by atoms with van der Waals surface area (Å²) in [6.45, 7) is 4.63. The van der Waals surface area contributed by atoms with Crippen LogP contribution in [0.2, 0.25) is 5.02 Å². The summed E-state index contributed by atoms with van der Waals surface area (Å²) < 4.78 is 0. The number of hydrogen-bond donors (Lipinski definition) is 0. The standard InChI is InChI=1S/C12H16ClN3/c1-15-5-9-7-16(8-10(9)6-15)12-11(13)3-2-4-14-12/h2-4,9-10H,5-8H2,1H3. The highest BCUT2D eigenvalue weighted by molar-refractivity contribution is 6.32. The highest BCUT2D eigenvalue weighted by Gasteiger charge is 2.39. The van der Waals surface area contributed by atoms with Gasteiger partial charge in [0.15, 0.2) is 0 Å². The van der Waals surface area contributed by atoms with Crippen molar-refractivity contribution >= 4 is 17.4 Å². The second kappa shape index (κ2) is 3.90. The van der Waals surface area contributed by atoms with Crippen LogP contribution in [-0.4, -0.2) is 43.1 Å². The Morgan fingerprint density at radius 2 is 1.94 bits per heavy atom. The molecule has 0 radical (unpaired) electrons. The van der Waals surface area contributed by atoms with E-state index < -0.39 is 0 Å². The van der Waals surface area contributed by atoms with Gasteiger partial charge in [0.05, 0.1) is 5.02 Å². The molecule has 0 bridgehead atoms. The highest BCUT2D eigenvalue weighted by atomic mass is 35.5. The average Bonchev–Trinajstić information content (AvgIpc) is 2.75.